The lowest BCUT2D eigenvalue weighted by Crippen LogP contribution is -2.07. The summed E-state index contributed by atoms with van der Waals surface area (Å²) in [5, 5.41) is 21.7. The largest absolute Gasteiger partial charge is 0.496 e. The van der Waals surface area contributed by atoms with Crippen molar-refractivity contribution in [3.63, 3.8) is 0 Å². The summed E-state index contributed by atoms with van der Waals surface area (Å²) in [7, 11) is 1.51. The second-order valence-corrected chi connectivity index (χ2v) is 6.27. The minimum Gasteiger partial charge on any atom is -0.496 e. The van der Waals surface area contributed by atoms with Gasteiger partial charge in [0.05, 0.1) is 30.3 Å². The summed E-state index contributed by atoms with van der Waals surface area (Å²) < 4.78 is 10.2. The SMILES string of the molecule is CCOC(=O)CCCCc1cc([N+](=O)[O-])c(C(O)C2CC2)cc1OC. The number of unbranched alkanes of at least 4 members (excludes halogenated alkanes) is 1. The first kappa shape index (κ1) is 19.2. The van der Waals surface area contributed by atoms with E-state index < -0.39 is 11.0 Å². The number of carbonyl (C=O) groups excluding carboxylic acids is 1. The molecule has 7 nitrogen and oxygen atoms in total. The van der Waals surface area contributed by atoms with Crippen molar-refractivity contribution in [1.29, 1.82) is 0 Å². The molecule has 0 bridgehead atoms. The number of aliphatic hydroxyl groups is 1. The smallest absolute Gasteiger partial charge is 0.305 e. The van der Waals surface area contributed by atoms with Crippen LogP contribution in [0.5, 0.6) is 5.75 Å². The van der Waals surface area contributed by atoms with Crippen molar-refractivity contribution in [2.45, 2.75) is 51.6 Å². The molecular weight excluding hydrogens is 326 g/mol. The number of nitro groups is 1. The van der Waals surface area contributed by atoms with Crippen LogP contribution in [0, 0.1) is 16.0 Å². The Balaban J connectivity index is 2.10. The van der Waals surface area contributed by atoms with Gasteiger partial charge in [0.2, 0.25) is 0 Å². The highest BCUT2D eigenvalue weighted by Gasteiger charge is 2.35. The van der Waals surface area contributed by atoms with Crippen LogP contribution in [0.15, 0.2) is 12.1 Å². The Morgan fingerprint density at radius 3 is 2.68 bits per heavy atom. The van der Waals surface area contributed by atoms with Crippen LogP contribution in [-0.4, -0.2) is 29.7 Å². The number of nitro benzene ring substituents is 1. The quantitative estimate of drug-likeness (QED) is 0.300. The van der Waals surface area contributed by atoms with Crippen molar-refractivity contribution in [2.75, 3.05) is 13.7 Å². The van der Waals surface area contributed by atoms with Gasteiger partial charge >= 0.3 is 5.97 Å². The van der Waals surface area contributed by atoms with Gasteiger partial charge in [-0.05, 0) is 51.0 Å². The molecule has 1 saturated carbocycles. The summed E-state index contributed by atoms with van der Waals surface area (Å²) in [6.07, 6.45) is 3.16. The van der Waals surface area contributed by atoms with Crippen LogP contribution in [0.2, 0.25) is 0 Å². The maximum atomic E-state index is 11.4. The molecule has 1 aliphatic carbocycles. The van der Waals surface area contributed by atoms with Gasteiger partial charge in [0.1, 0.15) is 5.75 Å². The molecule has 0 spiro atoms. The van der Waals surface area contributed by atoms with Crippen molar-refractivity contribution in [2.24, 2.45) is 5.92 Å². The molecule has 1 fully saturated rings. The molecule has 1 aromatic carbocycles. The second-order valence-electron chi connectivity index (χ2n) is 6.27. The van der Waals surface area contributed by atoms with Crippen LogP contribution in [-0.2, 0) is 16.0 Å². The maximum Gasteiger partial charge on any atom is 0.305 e. The van der Waals surface area contributed by atoms with Gasteiger partial charge in [-0.15, -0.1) is 0 Å². The summed E-state index contributed by atoms with van der Waals surface area (Å²) in [6, 6.07) is 3.08. The number of ether oxygens (including phenoxy) is 2. The average molecular weight is 351 g/mol. The summed E-state index contributed by atoms with van der Waals surface area (Å²) in [5.74, 6) is 0.401. The molecule has 7 heteroatoms. The van der Waals surface area contributed by atoms with Crippen molar-refractivity contribution >= 4 is 11.7 Å². The molecule has 0 saturated heterocycles. The number of hydrogen-bond donors (Lipinski definition) is 1. The highest BCUT2D eigenvalue weighted by molar-refractivity contribution is 5.69. The zero-order chi connectivity index (χ0) is 18.4. The molecule has 0 aliphatic heterocycles. The highest BCUT2D eigenvalue weighted by Crippen LogP contribution is 2.45. The first-order valence-corrected chi connectivity index (χ1v) is 8.66. The third-order valence-electron chi connectivity index (χ3n) is 4.40. The Kier molecular flexibility index (Phi) is 6.75. The Morgan fingerprint density at radius 1 is 1.40 bits per heavy atom. The molecule has 0 radical (unpaired) electrons. The molecule has 0 aromatic heterocycles. The third-order valence-corrected chi connectivity index (χ3v) is 4.40. The topological polar surface area (TPSA) is 98.9 Å². The van der Waals surface area contributed by atoms with Gasteiger partial charge in [-0.25, -0.2) is 0 Å². The van der Waals surface area contributed by atoms with Gasteiger partial charge in [0.15, 0.2) is 0 Å². The van der Waals surface area contributed by atoms with Gasteiger partial charge in [-0.3, -0.25) is 14.9 Å². The summed E-state index contributed by atoms with van der Waals surface area (Å²) in [4.78, 5) is 22.3. The molecule has 1 N–H and O–H groups in total. The van der Waals surface area contributed by atoms with Gasteiger partial charge < -0.3 is 14.6 Å². The second kappa shape index (κ2) is 8.80. The van der Waals surface area contributed by atoms with E-state index in [-0.39, 0.29) is 17.6 Å². The van der Waals surface area contributed by atoms with Crippen LogP contribution in [0.25, 0.3) is 0 Å². The average Bonchev–Trinajstić information content (AvgIpc) is 3.42. The van der Waals surface area contributed by atoms with Gasteiger partial charge in [-0.1, -0.05) is 0 Å². The predicted molar refractivity (Wildman–Crippen MR) is 91.5 cm³/mol. The first-order valence-electron chi connectivity index (χ1n) is 8.66. The van der Waals surface area contributed by atoms with E-state index in [0.29, 0.717) is 49.2 Å². The lowest BCUT2D eigenvalue weighted by atomic mass is 9.97. The first-order chi connectivity index (χ1) is 12.0. The van der Waals surface area contributed by atoms with E-state index in [2.05, 4.69) is 0 Å². The monoisotopic (exact) mass is 351 g/mol. The van der Waals surface area contributed by atoms with Crippen molar-refractivity contribution in [1.82, 2.24) is 0 Å². The fourth-order valence-corrected chi connectivity index (χ4v) is 2.89. The van der Waals surface area contributed by atoms with Crippen molar-refractivity contribution < 1.29 is 24.3 Å². The number of nitrogens with zero attached hydrogens (tertiary/aromatic N) is 1. The Morgan fingerprint density at radius 2 is 2.12 bits per heavy atom. The number of esters is 1. The molecule has 1 aromatic rings. The van der Waals surface area contributed by atoms with Crippen molar-refractivity contribution in [3.8, 4) is 5.75 Å². The minimum absolute atomic E-state index is 0.0689. The van der Waals surface area contributed by atoms with Crippen LogP contribution < -0.4 is 4.74 Å². The molecular formula is C18H25NO6. The van der Waals surface area contributed by atoms with E-state index in [0.717, 1.165) is 12.8 Å². The number of rotatable bonds is 10. The lowest BCUT2D eigenvalue weighted by molar-refractivity contribution is -0.386. The van der Waals surface area contributed by atoms with Crippen molar-refractivity contribution in [3.05, 3.63) is 33.4 Å². The zero-order valence-electron chi connectivity index (χ0n) is 14.7. The molecule has 0 amide bonds. The van der Waals surface area contributed by atoms with Crippen LogP contribution in [0.1, 0.15) is 56.3 Å². The molecule has 1 unspecified atom stereocenters. The van der Waals surface area contributed by atoms with E-state index in [1.807, 2.05) is 0 Å². The van der Waals surface area contributed by atoms with E-state index in [9.17, 15) is 20.0 Å². The Hall–Kier alpha value is -2.15. The number of carbonyl (C=O) groups is 1. The summed E-state index contributed by atoms with van der Waals surface area (Å²) >= 11 is 0. The molecule has 2 rings (SSSR count). The van der Waals surface area contributed by atoms with E-state index >= 15 is 0 Å². The van der Waals surface area contributed by atoms with Crippen LogP contribution in [0.4, 0.5) is 5.69 Å². The fraction of sp³-hybridized carbons (Fsp3) is 0.611. The number of aliphatic hydroxyl groups excluding tert-OH is 1. The van der Waals surface area contributed by atoms with E-state index in [1.54, 1.807) is 13.0 Å². The van der Waals surface area contributed by atoms with Gasteiger partial charge in [-0.2, -0.15) is 0 Å². The molecule has 1 aliphatic rings. The summed E-state index contributed by atoms with van der Waals surface area (Å²) in [6.45, 7) is 2.13. The number of hydrogen-bond acceptors (Lipinski definition) is 6. The zero-order valence-corrected chi connectivity index (χ0v) is 14.7. The van der Waals surface area contributed by atoms with E-state index in [4.69, 9.17) is 9.47 Å². The Bertz CT molecular complexity index is 626. The Labute approximate surface area is 147 Å². The number of benzene rings is 1. The predicted octanol–water partition coefficient (Wildman–Crippen LogP) is 3.32. The maximum absolute atomic E-state index is 11.4. The lowest BCUT2D eigenvalue weighted by Gasteiger charge is -2.15. The van der Waals surface area contributed by atoms with E-state index in [1.165, 1.54) is 13.2 Å². The molecule has 1 atom stereocenters. The van der Waals surface area contributed by atoms with Crippen LogP contribution >= 0.6 is 0 Å². The highest BCUT2D eigenvalue weighted by atomic mass is 16.6. The molecule has 138 valence electrons. The molecule has 0 heterocycles. The third kappa shape index (κ3) is 5.16. The minimum atomic E-state index is -0.827. The standard InChI is InChI=1S/C18H25NO6/c1-3-25-17(20)7-5-4-6-13-10-15(19(22)23)14(11-16(13)24-2)18(21)12-8-9-12/h10-12,18,21H,3-9H2,1-2H3. The fourth-order valence-electron chi connectivity index (χ4n) is 2.89. The summed E-state index contributed by atoms with van der Waals surface area (Å²) in [5.41, 5.74) is 0.963. The van der Waals surface area contributed by atoms with Crippen LogP contribution in [0.3, 0.4) is 0 Å². The number of aryl methyl sites for hydroxylation is 1. The molecule has 25 heavy (non-hydrogen) atoms. The van der Waals surface area contributed by atoms with Gasteiger partial charge in [0.25, 0.3) is 5.69 Å². The van der Waals surface area contributed by atoms with Gasteiger partial charge in [0, 0.05) is 18.1 Å². The normalized spacial score (nSPS) is 14.8. The number of methoxy groups -OCH3 is 1.